The van der Waals surface area contributed by atoms with E-state index in [0.717, 1.165) is 63.1 Å². The maximum atomic E-state index is 13.6. The molecule has 2 amide bonds. The Labute approximate surface area is 286 Å². The SMILES string of the molecule is CCN(c1c(C)c(C(N)=O)cc(-c2ccc3c(c2)n(C2CN(C(=O)C(C)C)C2)c(=O)n3C)c1Cc1c(C)cc(C)[nH]c1=O)C1CCOCC1. The van der Waals surface area contributed by atoms with Crippen LogP contribution in [0.2, 0.25) is 0 Å². The van der Waals surface area contributed by atoms with Crippen LogP contribution in [-0.2, 0) is 23.0 Å². The summed E-state index contributed by atoms with van der Waals surface area (Å²) in [6, 6.07) is 9.78. The molecule has 0 unspecified atom stereocenters. The van der Waals surface area contributed by atoms with Crippen LogP contribution in [0.1, 0.15) is 78.0 Å². The number of benzene rings is 2. The molecular formula is C38H48N6O5. The number of fused-ring (bicyclic) bond motifs is 1. The highest BCUT2D eigenvalue weighted by molar-refractivity contribution is 5.99. The summed E-state index contributed by atoms with van der Waals surface area (Å²) in [5, 5.41) is 0. The second-order valence-corrected chi connectivity index (χ2v) is 14.0. The van der Waals surface area contributed by atoms with Gasteiger partial charge in [-0.15, -0.1) is 0 Å². The first-order valence-corrected chi connectivity index (χ1v) is 17.3. The molecule has 49 heavy (non-hydrogen) atoms. The average molecular weight is 669 g/mol. The van der Waals surface area contributed by atoms with Gasteiger partial charge in [0.05, 0.1) is 17.1 Å². The number of primary amides is 1. The van der Waals surface area contributed by atoms with Gasteiger partial charge in [-0.2, -0.15) is 0 Å². The van der Waals surface area contributed by atoms with Gasteiger partial charge >= 0.3 is 5.69 Å². The Balaban J connectivity index is 1.59. The van der Waals surface area contributed by atoms with Crippen LogP contribution in [0.15, 0.2) is 39.9 Å². The maximum absolute atomic E-state index is 13.6. The van der Waals surface area contributed by atoms with Crippen molar-refractivity contribution in [3.05, 3.63) is 84.7 Å². The zero-order valence-electron chi connectivity index (χ0n) is 29.7. The van der Waals surface area contributed by atoms with Crippen molar-refractivity contribution in [2.45, 2.75) is 72.9 Å². The molecule has 3 N–H and O–H groups in total. The predicted octanol–water partition coefficient (Wildman–Crippen LogP) is 4.35. The number of amides is 2. The first-order valence-electron chi connectivity index (χ1n) is 17.3. The second kappa shape index (κ2) is 13.3. The van der Waals surface area contributed by atoms with Crippen LogP contribution in [0.5, 0.6) is 0 Å². The molecule has 260 valence electrons. The summed E-state index contributed by atoms with van der Waals surface area (Å²) in [4.78, 5) is 60.0. The summed E-state index contributed by atoms with van der Waals surface area (Å²) in [6.45, 7) is 14.6. The minimum atomic E-state index is -0.527. The largest absolute Gasteiger partial charge is 0.381 e. The van der Waals surface area contributed by atoms with E-state index in [2.05, 4.69) is 16.8 Å². The van der Waals surface area contributed by atoms with E-state index in [9.17, 15) is 19.2 Å². The molecule has 0 bridgehead atoms. The van der Waals surface area contributed by atoms with Crippen molar-refractivity contribution in [1.29, 1.82) is 0 Å². The van der Waals surface area contributed by atoms with Crippen LogP contribution in [0.4, 0.5) is 5.69 Å². The van der Waals surface area contributed by atoms with E-state index in [1.165, 1.54) is 0 Å². The molecule has 11 nitrogen and oxygen atoms in total. The molecule has 2 aliphatic heterocycles. The van der Waals surface area contributed by atoms with Crippen LogP contribution in [0.25, 0.3) is 22.2 Å². The van der Waals surface area contributed by atoms with Crippen LogP contribution >= 0.6 is 0 Å². The summed E-state index contributed by atoms with van der Waals surface area (Å²) in [6.07, 6.45) is 2.01. The van der Waals surface area contributed by atoms with Crippen molar-refractivity contribution in [2.75, 3.05) is 37.7 Å². The van der Waals surface area contributed by atoms with Crippen molar-refractivity contribution in [1.82, 2.24) is 19.0 Å². The van der Waals surface area contributed by atoms with E-state index < -0.39 is 5.91 Å². The summed E-state index contributed by atoms with van der Waals surface area (Å²) >= 11 is 0. The van der Waals surface area contributed by atoms with E-state index >= 15 is 0 Å². The lowest BCUT2D eigenvalue weighted by molar-refractivity contribution is -0.140. The fourth-order valence-electron chi connectivity index (χ4n) is 7.83. The molecule has 4 aromatic rings. The van der Waals surface area contributed by atoms with Gasteiger partial charge in [0.25, 0.3) is 5.56 Å². The van der Waals surface area contributed by atoms with Gasteiger partial charge in [-0.3, -0.25) is 23.5 Å². The van der Waals surface area contributed by atoms with Crippen LogP contribution in [0.3, 0.4) is 0 Å². The van der Waals surface area contributed by atoms with Crippen molar-refractivity contribution in [3.8, 4) is 11.1 Å². The normalized spacial score (nSPS) is 15.6. The third kappa shape index (κ3) is 6.09. The number of hydrogen-bond donors (Lipinski definition) is 2. The Hall–Kier alpha value is -4.64. The monoisotopic (exact) mass is 668 g/mol. The number of likely N-dealkylation sites (tertiary alicyclic amines) is 1. The molecule has 2 aliphatic rings. The number of nitrogens with one attached hydrogen (secondary N) is 1. The number of aryl methyl sites for hydroxylation is 3. The topological polar surface area (TPSA) is 136 Å². The fraction of sp³-hybridized carbons (Fsp3) is 0.474. The zero-order chi connectivity index (χ0) is 35.3. The first kappa shape index (κ1) is 34.2. The van der Waals surface area contributed by atoms with Gasteiger partial charge in [-0.1, -0.05) is 19.9 Å². The molecule has 6 rings (SSSR count). The quantitative estimate of drug-likeness (QED) is 0.272. The summed E-state index contributed by atoms with van der Waals surface area (Å²) in [7, 11) is 1.76. The third-order valence-corrected chi connectivity index (χ3v) is 10.5. The highest BCUT2D eigenvalue weighted by atomic mass is 16.5. The number of carbonyl (C=O) groups is 2. The van der Waals surface area contributed by atoms with Crippen molar-refractivity contribution < 1.29 is 14.3 Å². The third-order valence-electron chi connectivity index (χ3n) is 10.5. The lowest BCUT2D eigenvalue weighted by Gasteiger charge is -2.40. The number of rotatable bonds is 9. The minimum Gasteiger partial charge on any atom is -0.381 e. The number of nitrogens with two attached hydrogens (primary N) is 1. The molecule has 11 heteroatoms. The van der Waals surface area contributed by atoms with E-state index in [0.29, 0.717) is 50.4 Å². The molecule has 0 atom stereocenters. The number of aromatic nitrogens is 3. The van der Waals surface area contributed by atoms with Gasteiger partial charge in [0.2, 0.25) is 11.8 Å². The Kier molecular flexibility index (Phi) is 9.32. The van der Waals surface area contributed by atoms with Gasteiger partial charge in [0, 0.05) is 80.8 Å². The predicted molar refractivity (Wildman–Crippen MR) is 193 cm³/mol. The summed E-state index contributed by atoms with van der Waals surface area (Å²) in [5.41, 5.74) is 14.3. The Morgan fingerprint density at radius 1 is 1.02 bits per heavy atom. The number of aromatic amines is 1. The zero-order valence-corrected chi connectivity index (χ0v) is 29.7. The van der Waals surface area contributed by atoms with Gasteiger partial charge in [0.15, 0.2) is 0 Å². The molecule has 2 aromatic heterocycles. The average Bonchev–Trinajstić information content (AvgIpc) is 3.28. The van der Waals surface area contributed by atoms with Crippen molar-refractivity contribution in [3.63, 3.8) is 0 Å². The molecule has 2 fully saturated rings. The van der Waals surface area contributed by atoms with E-state index in [1.54, 1.807) is 21.1 Å². The standard InChI is InChI=1S/C38H48N6O5/c1-8-43(26-11-13-49-14-12-26)34-24(6)29(35(39)45)18-30(31(34)17-28-22(4)15-23(5)40-36(28)46)25-9-10-32-33(16-25)44(38(48)41(32)7)27-19-42(20-27)37(47)21(2)3/h9-10,15-16,18,21,26-27H,8,11-14,17,19-20H2,1-7H3,(H2,39,45)(H,40,46). The first-order chi connectivity index (χ1) is 23.3. The molecule has 0 spiro atoms. The Morgan fingerprint density at radius 3 is 2.33 bits per heavy atom. The molecule has 2 saturated heterocycles. The number of ether oxygens (including phenoxy) is 1. The molecule has 0 saturated carbocycles. The van der Waals surface area contributed by atoms with E-state index in [1.807, 2.05) is 65.0 Å². The molecule has 4 heterocycles. The molecule has 2 aromatic carbocycles. The van der Waals surface area contributed by atoms with Crippen molar-refractivity contribution >= 4 is 28.5 Å². The second-order valence-electron chi connectivity index (χ2n) is 14.0. The highest BCUT2D eigenvalue weighted by Crippen LogP contribution is 2.41. The minimum absolute atomic E-state index is 0.0763. The summed E-state index contributed by atoms with van der Waals surface area (Å²) in [5.74, 6) is -0.563. The number of carbonyl (C=O) groups excluding carboxylic acids is 2. The Morgan fingerprint density at radius 2 is 1.71 bits per heavy atom. The number of pyridine rings is 1. The van der Waals surface area contributed by atoms with E-state index in [-0.39, 0.29) is 35.2 Å². The number of imidazole rings is 1. The van der Waals surface area contributed by atoms with Gasteiger partial charge in [0.1, 0.15) is 0 Å². The maximum Gasteiger partial charge on any atom is 0.329 e. The number of H-pyrrole nitrogens is 1. The van der Waals surface area contributed by atoms with Gasteiger partial charge < -0.3 is 25.3 Å². The molecule has 0 radical (unpaired) electrons. The van der Waals surface area contributed by atoms with Crippen LogP contribution in [0, 0.1) is 26.7 Å². The van der Waals surface area contributed by atoms with Crippen LogP contribution < -0.4 is 21.9 Å². The smallest absolute Gasteiger partial charge is 0.329 e. The lowest BCUT2D eigenvalue weighted by atomic mass is 9.86. The Bertz CT molecular complexity index is 2060. The fourth-order valence-corrected chi connectivity index (χ4v) is 7.83. The number of anilines is 1. The van der Waals surface area contributed by atoms with Crippen molar-refractivity contribution in [2.24, 2.45) is 18.7 Å². The highest BCUT2D eigenvalue weighted by Gasteiger charge is 2.35. The number of nitrogens with zero attached hydrogens (tertiary/aromatic N) is 4. The van der Waals surface area contributed by atoms with E-state index in [4.69, 9.17) is 10.5 Å². The molecular weight excluding hydrogens is 620 g/mol. The van der Waals surface area contributed by atoms with Gasteiger partial charge in [-0.05, 0) is 92.6 Å². The number of hydrogen-bond acceptors (Lipinski definition) is 6. The van der Waals surface area contributed by atoms with Crippen LogP contribution in [-0.4, -0.2) is 69.7 Å². The summed E-state index contributed by atoms with van der Waals surface area (Å²) < 4.78 is 9.15. The van der Waals surface area contributed by atoms with Gasteiger partial charge in [-0.25, -0.2) is 4.79 Å². The molecule has 0 aliphatic carbocycles. The lowest BCUT2D eigenvalue weighted by Crippen LogP contribution is -2.53.